The van der Waals surface area contributed by atoms with Crippen molar-refractivity contribution >= 4 is 7.85 Å². The molecule has 2 atom stereocenters. The molecule has 23 heavy (non-hydrogen) atoms. The van der Waals surface area contributed by atoms with Gasteiger partial charge in [0.15, 0.2) is 0 Å². The van der Waals surface area contributed by atoms with Crippen LogP contribution in [0.1, 0.15) is 44.7 Å². The fourth-order valence-corrected chi connectivity index (χ4v) is 3.52. The molecule has 2 nitrogen and oxygen atoms in total. The molecular weight excluding hydrogens is 293 g/mol. The zero-order valence-corrected chi connectivity index (χ0v) is 14.3. The van der Waals surface area contributed by atoms with Crippen molar-refractivity contribution in [3.8, 4) is 0 Å². The van der Waals surface area contributed by atoms with Crippen LogP contribution in [-0.2, 0) is 0 Å². The second-order valence-corrected chi connectivity index (χ2v) is 6.63. The lowest BCUT2D eigenvalue weighted by Gasteiger charge is -2.38. The molecule has 2 rings (SSSR count). The smallest absolute Gasteiger partial charge is 0.130 e. The maximum Gasteiger partial charge on any atom is 0.130 e. The summed E-state index contributed by atoms with van der Waals surface area (Å²) in [6.45, 7) is 6.94. The predicted octanol–water partition coefficient (Wildman–Crippen LogP) is 3.43. The van der Waals surface area contributed by atoms with E-state index in [1.807, 2.05) is 6.92 Å². The molecule has 0 aromatic heterocycles. The Morgan fingerprint density at radius 2 is 1.83 bits per heavy atom. The van der Waals surface area contributed by atoms with Crippen LogP contribution in [0.25, 0.3) is 0 Å². The van der Waals surface area contributed by atoms with Crippen molar-refractivity contribution in [1.82, 2.24) is 10.2 Å². The fourth-order valence-electron chi connectivity index (χ4n) is 3.52. The molecule has 5 heteroatoms. The highest BCUT2D eigenvalue weighted by Crippen LogP contribution is 2.30. The lowest BCUT2D eigenvalue weighted by Crippen LogP contribution is -2.43. The Morgan fingerprint density at radius 1 is 1.22 bits per heavy atom. The highest BCUT2D eigenvalue weighted by Gasteiger charge is 2.28. The number of hydrogen-bond donors (Lipinski definition) is 1. The Kier molecular flexibility index (Phi) is 7.03. The lowest BCUT2D eigenvalue weighted by molar-refractivity contribution is 0.122. The van der Waals surface area contributed by atoms with Crippen molar-refractivity contribution in [2.75, 3.05) is 19.6 Å². The average molecular weight is 321 g/mol. The molecule has 1 radical (unpaired) electrons. The first kappa shape index (κ1) is 18.4. The van der Waals surface area contributed by atoms with Crippen LogP contribution in [0.4, 0.5) is 8.78 Å². The van der Waals surface area contributed by atoms with Gasteiger partial charge in [-0.15, -0.1) is 0 Å². The minimum absolute atomic E-state index is 0.201. The first-order valence-corrected chi connectivity index (χ1v) is 8.75. The Labute approximate surface area is 140 Å². The van der Waals surface area contributed by atoms with E-state index >= 15 is 0 Å². The molecule has 0 bridgehead atoms. The number of hydrogen-bond acceptors (Lipinski definition) is 2. The molecular formula is C18H28BF2N2. The van der Waals surface area contributed by atoms with E-state index in [9.17, 15) is 8.78 Å². The summed E-state index contributed by atoms with van der Waals surface area (Å²) >= 11 is 0. The third kappa shape index (κ3) is 4.77. The first-order chi connectivity index (χ1) is 11.0. The molecule has 1 saturated heterocycles. The van der Waals surface area contributed by atoms with Crippen LogP contribution in [0.5, 0.6) is 0 Å². The summed E-state index contributed by atoms with van der Waals surface area (Å²) in [5.74, 6) is -0.251. The van der Waals surface area contributed by atoms with Crippen LogP contribution >= 0.6 is 0 Å². The number of benzene rings is 1. The van der Waals surface area contributed by atoms with E-state index < -0.39 is 11.6 Å². The van der Waals surface area contributed by atoms with Gasteiger partial charge < -0.3 is 5.32 Å². The van der Waals surface area contributed by atoms with Gasteiger partial charge in [-0.3, -0.25) is 4.90 Å². The van der Waals surface area contributed by atoms with Crippen molar-refractivity contribution in [3.05, 3.63) is 35.4 Å². The third-order valence-electron chi connectivity index (χ3n) is 5.14. The second kappa shape index (κ2) is 8.79. The summed E-state index contributed by atoms with van der Waals surface area (Å²) in [6.07, 6.45) is 4.20. The average Bonchev–Trinajstić information content (AvgIpc) is 2.55. The molecule has 0 spiro atoms. The van der Waals surface area contributed by atoms with E-state index in [2.05, 4.69) is 25.0 Å². The monoisotopic (exact) mass is 321 g/mol. The highest BCUT2D eigenvalue weighted by molar-refractivity contribution is 6.08. The SMILES string of the molecule is [BH]CCCNC(C)C1CCN(C(C)c2c(F)cccc2F)CC1. The Balaban J connectivity index is 1.89. The van der Waals surface area contributed by atoms with Crippen molar-refractivity contribution in [1.29, 1.82) is 0 Å². The molecule has 1 aliphatic rings. The quantitative estimate of drug-likeness (QED) is 0.611. The molecule has 1 aliphatic heterocycles. The number of piperidine rings is 1. The predicted molar refractivity (Wildman–Crippen MR) is 93.1 cm³/mol. The van der Waals surface area contributed by atoms with Gasteiger partial charge in [-0.25, -0.2) is 8.78 Å². The summed E-state index contributed by atoms with van der Waals surface area (Å²) in [5.41, 5.74) is 0.201. The van der Waals surface area contributed by atoms with E-state index in [0.29, 0.717) is 12.0 Å². The van der Waals surface area contributed by atoms with Crippen LogP contribution in [0.15, 0.2) is 18.2 Å². The third-order valence-corrected chi connectivity index (χ3v) is 5.14. The molecule has 1 aromatic carbocycles. The van der Waals surface area contributed by atoms with Gasteiger partial charge in [-0.05, 0) is 70.8 Å². The van der Waals surface area contributed by atoms with Gasteiger partial charge in [0.05, 0.1) is 7.85 Å². The van der Waals surface area contributed by atoms with Gasteiger partial charge in [-0.2, -0.15) is 0 Å². The van der Waals surface area contributed by atoms with Gasteiger partial charge >= 0.3 is 0 Å². The zero-order valence-electron chi connectivity index (χ0n) is 14.3. The van der Waals surface area contributed by atoms with Gasteiger partial charge in [0, 0.05) is 17.6 Å². The number of rotatable bonds is 7. The molecule has 0 aliphatic carbocycles. The van der Waals surface area contributed by atoms with E-state index in [0.717, 1.165) is 45.2 Å². The number of nitrogens with zero attached hydrogens (tertiary/aromatic N) is 1. The number of nitrogens with one attached hydrogen (secondary N) is 1. The van der Waals surface area contributed by atoms with E-state index in [-0.39, 0.29) is 11.6 Å². The minimum Gasteiger partial charge on any atom is -0.314 e. The van der Waals surface area contributed by atoms with E-state index in [4.69, 9.17) is 0 Å². The maximum absolute atomic E-state index is 14.0. The largest absolute Gasteiger partial charge is 0.314 e. The molecule has 0 amide bonds. The maximum atomic E-state index is 14.0. The summed E-state index contributed by atoms with van der Waals surface area (Å²) in [5, 5.41) is 3.57. The van der Waals surface area contributed by atoms with Crippen molar-refractivity contribution in [2.45, 2.75) is 51.5 Å². The van der Waals surface area contributed by atoms with Crippen LogP contribution in [-0.4, -0.2) is 38.4 Å². The van der Waals surface area contributed by atoms with Crippen molar-refractivity contribution in [2.24, 2.45) is 5.92 Å². The van der Waals surface area contributed by atoms with Crippen LogP contribution in [0.2, 0.25) is 6.32 Å². The van der Waals surface area contributed by atoms with Gasteiger partial charge in [-0.1, -0.05) is 12.4 Å². The number of likely N-dealkylation sites (tertiary alicyclic amines) is 1. The summed E-state index contributed by atoms with van der Waals surface area (Å²) in [6, 6.07) is 4.38. The lowest BCUT2D eigenvalue weighted by atomic mass is 9.89. The summed E-state index contributed by atoms with van der Waals surface area (Å²) < 4.78 is 27.9. The fraction of sp³-hybridized carbons (Fsp3) is 0.667. The number of halogens is 2. The normalized spacial score (nSPS) is 19.7. The van der Waals surface area contributed by atoms with E-state index in [1.165, 1.54) is 18.2 Å². The Morgan fingerprint density at radius 3 is 2.39 bits per heavy atom. The van der Waals surface area contributed by atoms with Crippen LogP contribution < -0.4 is 5.32 Å². The molecule has 1 N–H and O–H groups in total. The van der Waals surface area contributed by atoms with Crippen LogP contribution in [0.3, 0.4) is 0 Å². The summed E-state index contributed by atoms with van der Waals surface area (Å²) in [7, 11) is 3.86. The van der Waals surface area contributed by atoms with Crippen molar-refractivity contribution < 1.29 is 8.78 Å². The molecule has 1 fully saturated rings. The van der Waals surface area contributed by atoms with Crippen molar-refractivity contribution in [3.63, 3.8) is 0 Å². The molecule has 1 heterocycles. The Bertz CT molecular complexity index is 470. The molecule has 127 valence electrons. The van der Waals surface area contributed by atoms with Gasteiger partial charge in [0.25, 0.3) is 0 Å². The summed E-state index contributed by atoms with van der Waals surface area (Å²) in [4.78, 5) is 2.20. The van der Waals surface area contributed by atoms with Crippen LogP contribution in [0, 0.1) is 17.6 Å². The standard InChI is InChI=1S/C18H28BF2N2/c1-13(22-10-4-9-19)15-7-11-23(12-8-15)14(2)18-16(20)5-3-6-17(18)21/h3,5-6,13-15,19,22H,4,7-12H2,1-2H3. The topological polar surface area (TPSA) is 15.3 Å². The highest BCUT2D eigenvalue weighted by atomic mass is 19.1. The Hall–Kier alpha value is -0.935. The van der Waals surface area contributed by atoms with Gasteiger partial charge in [0.1, 0.15) is 11.6 Å². The van der Waals surface area contributed by atoms with Gasteiger partial charge in [0.2, 0.25) is 0 Å². The van der Waals surface area contributed by atoms with E-state index in [1.54, 1.807) is 0 Å². The molecule has 0 saturated carbocycles. The molecule has 2 unspecified atom stereocenters. The molecule has 1 aromatic rings. The minimum atomic E-state index is -0.442. The first-order valence-electron chi connectivity index (χ1n) is 8.75. The zero-order chi connectivity index (χ0) is 16.8. The second-order valence-electron chi connectivity index (χ2n) is 6.63.